The Morgan fingerprint density at radius 2 is 2.19 bits per heavy atom. The maximum Gasteiger partial charge on any atom is 0.240 e. The maximum absolute atomic E-state index is 12.4. The van der Waals surface area contributed by atoms with Crippen molar-refractivity contribution < 1.29 is 8.42 Å². The molecule has 0 saturated heterocycles. The van der Waals surface area contributed by atoms with Crippen LogP contribution in [0, 0.1) is 0 Å². The minimum absolute atomic E-state index is 0.212. The van der Waals surface area contributed by atoms with E-state index in [4.69, 9.17) is 0 Å². The molecule has 0 bridgehead atoms. The fourth-order valence-corrected chi connectivity index (χ4v) is 3.80. The van der Waals surface area contributed by atoms with Crippen molar-refractivity contribution in [2.24, 2.45) is 0 Å². The van der Waals surface area contributed by atoms with Gasteiger partial charge in [0.05, 0.1) is 11.2 Å². The van der Waals surface area contributed by atoms with Crippen LogP contribution in [0.1, 0.15) is 18.1 Å². The predicted octanol–water partition coefficient (Wildman–Crippen LogP) is 0.853. The molecule has 1 aliphatic heterocycles. The summed E-state index contributed by atoms with van der Waals surface area (Å²) in [6, 6.07) is 5.08. The lowest BCUT2D eigenvalue weighted by Gasteiger charge is -2.15. The van der Waals surface area contributed by atoms with E-state index in [2.05, 4.69) is 15.0 Å². The van der Waals surface area contributed by atoms with Crippen molar-refractivity contribution >= 4 is 10.0 Å². The van der Waals surface area contributed by atoms with Crippen LogP contribution < -0.4 is 10.0 Å². The molecule has 3 rings (SSSR count). The molecule has 0 amide bonds. The van der Waals surface area contributed by atoms with Crippen LogP contribution in [-0.4, -0.2) is 24.0 Å². The van der Waals surface area contributed by atoms with Gasteiger partial charge < -0.3 is 9.88 Å². The summed E-state index contributed by atoms with van der Waals surface area (Å²) in [6.07, 6.45) is 5.16. The van der Waals surface area contributed by atoms with E-state index in [9.17, 15) is 8.42 Å². The minimum Gasteiger partial charge on any atom is -0.336 e. The van der Waals surface area contributed by atoms with Crippen LogP contribution in [0.4, 0.5) is 0 Å². The summed E-state index contributed by atoms with van der Waals surface area (Å²) >= 11 is 0. The largest absolute Gasteiger partial charge is 0.336 e. The summed E-state index contributed by atoms with van der Waals surface area (Å²) in [6.45, 7) is 3.92. The number of aromatic nitrogens is 2. The summed E-state index contributed by atoms with van der Waals surface area (Å²) in [4.78, 5) is 4.27. The standard InChI is InChI=1S/C14H18N4O2S/c1-11(9-18-5-4-15-10-18)17-21(19,20)14-3-2-12-7-16-8-13(12)6-14/h2-6,10-11,16-17H,7-9H2,1H3. The van der Waals surface area contributed by atoms with Gasteiger partial charge in [0.2, 0.25) is 10.0 Å². The number of rotatable bonds is 5. The van der Waals surface area contributed by atoms with Crippen molar-refractivity contribution in [2.75, 3.05) is 0 Å². The van der Waals surface area contributed by atoms with Gasteiger partial charge in [-0.25, -0.2) is 18.1 Å². The Balaban J connectivity index is 1.74. The van der Waals surface area contributed by atoms with Crippen LogP contribution in [0.15, 0.2) is 41.8 Å². The average Bonchev–Trinajstić information content (AvgIpc) is 3.07. The molecule has 1 atom stereocenters. The zero-order valence-corrected chi connectivity index (χ0v) is 12.6. The molecule has 7 heteroatoms. The number of benzene rings is 1. The van der Waals surface area contributed by atoms with E-state index in [1.54, 1.807) is 24.7 Å². The Morgan fingerprint density at radius 1 is 1.38 bits per heavy atom. The van der Waals surface area contributed by atoms with Gasteiger partial charge in [0.1, 0.15) is 0 Å². The first-order valence-electron chi connectivity index (χ1n) is 6.85. The molecule has 0 saturated carbocycles. The summed E-state index contributed by atoms with van der Waals surface area (Å²) in [5.74, 6) is 0. The van der Waals surface area contributed by atoms with Crippen LogP contribution in [-0.2, 0) is 29.7 Å². The molecule has 112 valence electrons. The molecule has 2 aromatic rings. The van der Waals surface area contributed by atoms with E-state index >= 15 is 0 Å². The predicted molar refractivity (Wildman–Crippen MR) is 79.0 cm³/mol. The molecule has 2 N–H and O–H groups in total. The van der Waals surface area contributed by atoms with Gasteiger partial charge in [-0.3, -0.25) is 0 Å². The van der Waals surface area contributed by atoms with Gasteiger partial charge >= 0.3 is 0 Å². The van der Waals surface area contributed by atoms with E-state index in [-0.39, 0.29) is 6.04 Å². The van der Waals surface area contributed by atoms with Gasteiger partial charge in [-0.15, -0.1) is 0 Å². The first kappa shape index (κ1) is 14.2. The van der Waals surface area contributed by atoms with Gasteiger partial charge in [-0.1, -0.05) is 6.07 Å². The molecule has 0 radical (unpaired) electrons. The fourth-order valence-electron chi connectivity index (χ4n) is 2.52. The normalized spacial score (nSPS) is 15.9. The monoisotopic (exact) mass is 306 g/mol. The van der Waals surface area contributed by atoms with Gasteiger partial charge in [-0.2, -0.15) is 0 Å². The van der Waals surface area contributed by atoms with Crippen LogP contribution in [0.2, 0.25) is 0 Å². The maximum atomic E-state index is 12.4. The Kier molecular flexibility index (Phi) is 3.79. The number of imidazole rings is 1. The molecule has 2 heterocycles. The van der Waals surface area contributed by atoms with E-state index in [1.165, 1.54) is 5.56 Å². The fraction of sp³-hybridized carbons (Fsp3) is 0.357. The average molecular weight is 306 g/mol. The smallest absolute Gasteiger partial charge is 0.240 e. The topological polar surface area (TPSA) is 76.0 Å². The number of nitrogens with zero attached hydrogens (tertiary/aromatic N) is 2. The van der Waals surface area contributed by atoms with E-state index in [0.717, 1.165) is 18.7 Å². The van der Waals surface area contributed by atoms with Crippen molar-refractivity contribution in [3.63, 3.8) is 0 Å². The summed E-state index contributed by atoms with van der Waals surface area (Å²) < 4.78 is 29.4. The molecule has 0 aliphatic carbocycles. The Bertz CT molecular complexity index is 725. The number of fused-ring (bicyclic) bond motifs is 1. The number of nitrogens with one attached hydrogen (secondary N) is 2. The zero-order chi connectivity index (χ0) is 14.9. The Hall–Kier alpha value is -1.70. The lowest BCUT2D eigenvalue weighted by Crippen LogP contribution is -2.35. The van der Waals surface area contributed by atoms with E-state index < -0.39 is 10.0 Å². The van der Waals surface area contributed by atoms with Crippen LogP contribution in [0.25, 0.3) is 0 Å². The number of hydrogen-bond acceptors (Lipinski definition) is 4. The Morgan fingerprint density at radius 3 is 2.95 bits per heavy atom. The number of sulfonamides is 1. The van der Waals surface area contributed by atoms with Gasteiger partial charge in [-0.05, 0) is 30.2 Å². The lowest BCUT2D eigenvalue weighted by molar-refractivity contribution is 0.520. The van der Waals surface area contributed by atoms with Crippen molar-refractivity contribution in [1.29, 1.82) is 0 Å². The van der Waals surface area contributed by atoms with E-state index in [1.807, 2.05) is 23.8 Å². The third kappa shape index (κ3) is 3.15. The second-order valence-electron chi connectivity index (χ2n) is 5.32. The van der Waals surface area contributed by atoms with Crippen LogP contribution >= 0.6 is 0 Å². The third-order valence-electron chi connectivity index (χ3n) is 3.52. The molecular formula is C14H18N4O2S. The first-order chi connectivity index (χ1) is 10.0. The quantitative estimate of drug-likeness (QED) is 0.859. The number of hydrogen-bond donors (Lipinski definition) is 2. The van der Waals surface area contributed by atoms with Crippen LogP contribution in [0.3, 0.4) is 0 Å². The minimum atomic E-state index is -3.50. The molecule has 0 fully saturated rings. The highest BCUT2D eigenvalue weighted by molar-refractivity contribution is 7.89. The van der Waals surface area contributed by atoms with Crippen molar-refractivity contribution in [2.45, 2.75) is 37.5 Å². The molecule has 0 spiro atoms. The molecule has 1 aliphatic rings. The van der Waals surface area contributed by atoms with Crippen molar-refractivity contribution in [3.8, 4) is 0 Å². The highest BCUT2D eigenvalue weighted by atomic mass is 32.2. The van der Waals surface area contributed by atoms with Gasteiger partial charge in [0, 0.05) is 38.1 Å². The molecule has 1 aromatic carbocycles. The third-order valence-corrected chi connectivity index (χ3v) is 5.11. The molecule has 6 nitrogen and oxygen atoms in total. The van der Waals surface area contributed by atoms with Crippen molar-refractivity contribution in [1.82, 2.24) is 19.6 Å². The SMILES string of the molecule is CC(Cn1ccnc1)NS(=O)(=O)c1ccc2c(c1)CNC2. The first-order valence-corrected chi connectivity index (χ1v) is 8.33. The van der Waals surface area contributed by atoms with Crippen molar-refractivity contribution in [3.05, 3.63) is 48.0 Å². The van der Waals surface area contributed by atoms with Crippen LogP contribution in [0.5, 0.6) is 0 Å². The van der Waals surface area contributed by atoms with Gasteiger partial charge in [0.15, 0.2) is 0 Å². The second-order valence-corrected chi connectivity index (χ2v) is 7.03. The summed E-state index contributed by atoms with van der Waals surface area (Å²) in [7, 11) is -3.50. The highest BCUT2D eigenvalue weighted by Crippen LogP contribution is 2.20. The second kappa shape index (κ2) is 5.59. The zero-order valence-electron chi connectivity index (χ0n) is 11.8. The summed E-state index contributed by atoms with van der Waals surface area (Å²) in [5, 5.41) is 3.21. The molecule has 21 heavy (non-hydrogen) atoms. The molecule has 1 aromatic heterocycles. The van der Waals surface area contributed by atoms with Gasteiger partial charge in [0.25, 0.3) is 0 Å². The van der Waals surface area contributed by atoms with E-state index in [0.29, 0.717) is 11.4 Å². The summed E-state index contributed by atoms with van der Waals surface area (Å²) in [5.41, 5.74) is 2.22. The molecular weight excluding hydrogens is 288 g/mol. The Labute approximate surface area is 124 Å². The molecule has 1 unspecified atom stereocenters. The highest BCUT2D eigenvalue weighted by Gasteiger charge is 2.20. The lowest BCUT2D eigenvalue weighted by atomic mass is 10.1.